The van der Waals surface area contributed by atoms with Crippen LogP contribution in [0.25, 0.3) is 0 Å². The first-order valence-corrected chi connectivity index (χ1v) is 6.82. The standard InChI is InChI=1S/C13H22BrN3O/c1-10-8-13(11(14)9-12(10)15)16-4-6-18-7-5-17(2)3/h8-9,16H,4-7,15H2,1-3H3. The third kappa shape index (κ3) is 5.25. The highest BCUT2D eigenvalue weighted by Gasteiger charge is 2.02. The maximum atomic E-state index is 5.83. The number of ether oxygens (including phenoxy) is 1. The van der Waals surface area contributed by atoms with Gasteiger partial charge in [-0.1, -0.05) is 0 Å². The summed E-state index contributed by atoms with van der Waals surface area (Å²) in [5, 5.41) is 3.33. The topological polar surface area (TPSA) is 50.5 Å². The number of benzene rings is 1. The van der Waals surface area contributed by atoms with Crippen molar-refractivity contribution in [1.29, 1.82) is 0 Å². The Morgan fingerprint density at radius 1 is 1.33 bits per heavy atom. The van der Waals surface area contributed by atoms with E-state index < -0.39 is 0 Å². The molecule has 0 amide bonds. The molecule has 0 atom stereocenters. The van der Waals surface area contributed by atoms with Crippen molar-refractivity contribution in [1.82, 2.24) is 4.90 Å². The SMILES string of the molecule is Cc1cc(NCCOCCN(C)C)c(Br)cc1N. The number of nitrogens with one attached hydrogen (secondary N) is 1. The van der Waals surface area contributed by atoms with E-state index in [0.29, 0.717) is 6.61 Å². The minimum Gasteiger partial charge on any atom is -0.398 e. The van der Waals surface area contributed by atoms with E-state index in [-0.39, 0.29) is 0 Å². The summed E-state index contributed by atoms with van der Waals surface area (Å²) in [7, 11) is 4.08. The molecule has 0 aliphatic carbocycles. The normalized spacial score (nSPS) is 10.9. The lowest BCUT2D eigenvalue weighted by molar-refractivity contribution is 0.126. The van der Waals surface area contributed by atoms with Crippen molar-refractivity contribution >= 4 is 27.3 Å². The first-order valence-electron chi connectivity index (χ1n) is 6.02. The van der Waals surface area contributed by atoms with Crippen LogP contribution in [0.2, 0.25) is 0 Å². The van der Waals surface area contributed by atoms with Crippen LogP contribution >= 0.6 is 15.9 Å². The first kappa shape index (κ1) is 15.3. The number of likely N-dealkylation sites (N-methyl/N-ethyl adjacent to an activating group) is 1. The van der Waals surface area contributed by atoms with Crippen LogP contribution in [0.4, 0.5) is 11.4 Å². The molecule has 102 valence electrons. The molecule has 0 unspecified atom stereocenters. The predicted octanol–water partition coefficient (Wildman–Crippen LogP) is 2.33. The van der Waals surface area contributed by atoms with Gasteiger partial charge in [0.05, 0.1) is 13.2 Å². The van der Waals surface area contributed by atoms with Gasteiger partial charge in [0.2, 0.25) is 0 Å². The minimum absolute atomic E-state index is 0.698. The largest absolute Gasteiger partial charge is 0.398 e. The van der Waals surface area contributed by atoms with Crippen LogP contribution in [-0.2, 0) is 4.74 Å². The van der Waals surface area contributed by atoms with Crippen LogP contribution in [0.5, 0.6) is 0 Å². The van der Waals surface area contributed by atoms with Gasteiger partial charge in [0.25, 0.3) is 0 Å². The van der Waals surface area contributed by atoms with Crippen LogP contribution in [0.15, 0.2) is 16.6 Å². The average Bonchev–Trinajstić information content (AvgIpc) is 2.29. The summed E-state index contributed by atoms with van der Waals surface area (Å²) >= 11 is 3.49. The molecule has 0 fully saturated rings. The van der Waals surface area contributed by atoms with Gasteiger partial charge in [-0.15, -0.1) is 0 Å². The second-order valence-corrected chi connectivity index (χ2v) is 5.39. The molecular formula is C13H22BrN3O. The minimum atomic E-state index is 0.698. The summed E-state index contributed by atoms with van der Waals surface area (Å²) in [6, 6.07) is 3.96. The molecule has 0 saturated carbocycles. The van der Waals surface area contributed by atoms with Crippen LogP contribution in [0.3, 0.4) is 0 Å². The van der Waals surface area contributed by atoms with Crippen molar-refractivity contribution in [2.24, 2.45) is 0 Å². The van der Waals surface area contributed by atoms with E-state index in [1.165, 1.54) is 0 Å². The monoisotopic (exact) mass is 315 g/mol. The summed E-state index contributed by atoms with van der Waals surface area (Å²) in [4.78, 5) is 2.10. The molecule has 0 saturated heterocycles. The first-order chi connectivity index (χ1) is 8.50. The van der Waals surface area contributed by atoms with E-state index in [0.717, 1.165) is 41.1 Å². The molecule has 1 aromatic carbocycles. The Bertz CT molecular complexity index is 383. The zero-order valence-corrected chi connectivity index (χ0v) is 12.9. The molecule has 1 rings (SSSR count). The fourth-order valence-corrected chi connectivity index (χ4v) is 1.94. The molecule has 0 aliphatic heterocycles. The molecule has 0 spiro atoms. The highest BCUT2D eigenvalue weighted by molar-refractivity contribution is 9.10. The Morgan fingerprint density at radius 3 is 2.72 bits per heavy atom. The maximum Gasteiger partial charge on any atom is 0.0639 e. The Morgan fingerprint density at radius 2 is 2.06 bits per heavy atom. The number of halogens is 1. The molecule has 4 nitrogen and oxygen atoms in total. The van der Waals surface area contributed by atoms with Crippen molar-refractivity contribution in [3.8, 4) is 0 Å². The molecule has 5 heteroatoms. The van der Waals surface area contributed by atoms with E-state index in [2.05, 4.69) is 26.1 Å². The molecule has 1 aromatic rings. The smallest absolute Gasteiger partial charge is 0.0639 e. The fourth-order valence-electron chi connectivity index (χ4n) is 1.44. The van der Waals surface area contributed by atoms with Gasteiger partial charge in [0.1, 0.15) is 0 Å². The van der Waals surface area contributed by atoms with E-state index in [9.17, 15) is 0 Å². The van der Waals surface area contributed by atoms with Gasteiger partial charge in [-0.3, -0.25) is 0 Å². The average molecular weight is 316 g/mol. The van der Waals surface area contributed by atoms with Gasteiger partial charge in [-0.2, -0.15) is 0 Å². The van der Waals surface area contributed by atoms with E-state index in [1.807, 2.05) is 33.2 Å². The number of anilines is 2. The van der Waals surface area contributed by atoms with Gasteiger partial charge in [0, 0.05) is 28.9 Å². The highest BCUT2D eigenvalue weighted by atomic mass is 79.9. The van der Waals surface area contributed by atoms with Crippen molar-refractivity contribution in [2.45, 2.75) is 6.92 Å². The number of aryl methyl sites for hydroxylation is 1. The van der Waals surface area contributed by atoms with E-state index in [4.69, 9.17) is 10.5 Å². The van der Waals surface area contributed by atoms with Gasteiger partial charge < -0.3 is 20.7 Å². The summed E-state index contributed by atoms with van der Waals surface area (Å²) in [5.74, 6) is 0. The second kappa shape index (κ2) is 7.61. The van der Waals surface area contributed by atoms with Crippen LogP contribution < -0.4 is 11.1 Å². The number of hydrogen-bond acceptors (Lipinski definition) is 4. The predicted molar refractivity (Wildman–Crippen MR) is 81.2 cm³/mol. The van der Waals surface area contributed by atoms with Crippen molar-refractivity contribution in [3.05, 3.63) is 22.2 Å². The van der Waals surface area contributed by atoms with Crippen molar-refractivity contribution < 1.29 is 4.74 Å². The van der Waals surface area contributed by atoms with E-state index >= 15 is 0 Å². The quantitative estimate of drug-likeness (QED) is 0.599. The van der Waals surface area contributed by atoms with E-state index in [1.54, 1.807) is 0 Å². The Hall–Kier alpha value is -0.780. The molecule has 0 heterocycles. The lowest BCUT2D eigenvalue weighted by Gasteiger charge is -2.12. The summed E-state index contributed by atoms with van der Waals surface area (Å²) < 4.78 is 6.50. The van der Waals surface area contributed by atoms with Crippen LogP contribution in [0, 0.1) is 6.92 Å². The van der Waals surface area contributed by atoms with Crippen LogP contribution in [-0.4, -0.2) is 45.3 Å². The number of nitrogens with zero attached hydrogens (tertiary/aromatic N) is 1. The molecule has 3 N–H and O–H groups in total. The Labute approximate surface area is 118 Å². The zero-order valence-electron chi connectivity index (χ0n) is 11.3. The van der Waals surface area contributed by atoms with Crippen molar-refractivity contribution in [2.75, 3.05) is 51.4 Å². The number of rotatable bonds is 7. The third-order valence-electron chi connectivity index (χ3n) is 2.60. The van der Waals surface area contributed by atoms with Crippen molar-refractivity contribution in [3.63, 3.8) is 0 Å². The summed E-state index contributed by atoms with van der Waals surface area (Å²) in [6.07, 6.45) is 0. The Balaban J connectivity index is 2.29. The third-order valence-corrected chi connectivity index (χ3v) is 3.26. The van der Waals surface area contributed by atoms with Gasteiger partial charge in [-0.05, 0) is 54.6 Å². The zero-order chi connectivity index (χ0) is 13.5. The number of nitrogens with two attached hydrogens (primary N) is 1. The van der Waals surface area contributed by atoms with Gasteiger partial charge in [-0.25, -0.2) is 0 Å². The van der Waals surface area contributed by atoms with Gasteiger partial charge >= 0.3 is 0 Å². The molecule has 0 aliphatic rings. The number of nitrogen functional groups attached to an aromatic ring is 1. The Kier molecular flexibility index (Phi) is 6.46. The lowest BCUT2D eigenvalue weighted by atomic mass is 10.2. The second-order valence-electron chi connectivity index (χ2n) is 4.53. The summed E-state index contributed by atoms with van der Waals surface area (Å²) in [5.41, 5.74) is 8.76. The highest BCUT2D eigenvalue weighted by Crippen LogP contribution is 2.27. The lowest BCUT2D eigenvalue weighted by Crippen LogP contribution is -2.20. The molecule has 18 heavy (non-hydrogen) atoms. The van der Waals surface area contributed by atoms with Gasteiger partial charge in [0.15, 0.2) is 0 Å². The van der Waals surface area contributed by atoms with Crippen LogP contribution in [0.1, 0.15) is 5.56 Å². The molecule has 0 radical (unpaired) electrons. The fraction of sp³-hybridized carbons (Fsp3) is 0.538. The number of hydrogen-bond donors (Lipinski definition) is 2. The maximum absolute atomic E-state index is 5.83. The molecule has 0 bridgehead atoms. The summed E-state index contributed by atoms with van der Waals surface area (Å²) in [6.45, 7) is 5.20. The molecule has 0 aromatic heterocycles. The molecular weight excluding hydrogens is 294 g/mol.